The average molecular weight is 339 g/mol. The predicted molar refractivity (Wildman–Crippen MR) is 94.2 cm³/mol. The number of aromatic nitrogens is 2. The first-order valence-corrected chi connectivity index (χ1v) is 9.12. The number of carbonyl (C=O) groups excluding carboxylic acids is 1. The summed E-state index contributed by atoms with van der Waals surface area (Å²) in [6.45, 7) is 5.69. The maximum atomic E-state index is 12.5. The maximum absolute atomic E-state index is 12.5. The summed E-state index contributed by atoms with van der Waals surface area (Å²) in [7, 11) is 0. The van der Waals surface area contributed by atoms with Crippen molar-refractivity contribution in [2.45, 2.75) is 64.8 Å². The number of unbranched alkanes of at least 4 members (excludes halogenated alkanes) is 1. The molecule has 2 rings (SSSR count). The lowest BCUT2D eigenvalue weighted by atomic mass is 9.94. The summed E-state index contributed by atoms with van der Waals surface area (Å²) < 4.78 is 0. The third-order valence-corrected chi connectivity index (χ3v) is 4.61. The molecule has 0 spiro atoms. The second-order valence-corrected chi connectivity index (χ2v) is 6.40. The maximum Gasteiger partial charge on any atom is 0.256 e. The topological polar surface area (TPSA) is 58.1 Å². The molecule has 1 aliphatic rings. The van der Waals surface area contributed by atoms with Crippen LogP contribution in [-0.2, 0) is 0 Å². The quantitative estimate of drug-likeness (QED) is 0.606. The highest BCUT2D eigenvalue weighted by molar-refractivity contribution is 6.28. The van der Waals surface area contributed by atoms with Gasteiger partial charge in [-0.15, -0.1) is 0 Å². The molecular weight excluding hydrogens is 312 g/mol. The molecule has 1 heterocycles. The van der Waals surface area contributed by atoms with Crippen LogP contribution in [0.2, 0.25) is 5.28 Å². The van der Waals surface area contributed by atoms with Gasteiger partial charge in [-0.1, -0.05) is 32.6 Å². The van der Waals surface area contributed by atoms with Gasteiger partial charge in [-0.25, -0.2) is 4.98 Å². The first-order valence-electron chi connectivity index (χ1n) is 8.74. The minimum Gasteiger partial charge on any atom is -0.353 e. The van der Waals surface area contributed by atoms with Crippen LogP contribution in [-0.4, -0.2) is 35.0 Å². The van der Waals surface area contributed by atoms with Gasteiger partial charge in [0, 0.05) is 25.3 Å². The average Bonchev–Trinajstić information content (AvgIpc) is 2.57. The Kier molecular flexibility index (Phi) is 7.09. The molecule has 0 aromatic carbocycles. The summed E-state index contributed by atoms with van der Waals surface area (Å²) in [6, 6.07) is 0.432. The van der Waals surface area contributed by atoms with Gasteiger partial charge in [0.15, 0.2) is 0 Å². The van der Waals surface area contributed by atoms with Gasteiger partial charge in [-0.2, -0.15) is 4.98 Å². The predicted octanol–water partition coefficient (Wildman–Crippen LogP) is 3.82. The number of halogens is 1. The molecule has 23 heavy (non-hydrogen) atoms. The Morgan fingerprint density at radius 3 is 2.74 bits per heavy atom. The highest BCUT2D eigenvalue weighted by Crippen LogP contribution is 2.28. The van der Waals surface area contributed by atoms with E-state index >= 15 is 0 Å². The van der Waals surface area contributed by atoms with Crippen LogP contribution in [0.25, 0.3) is 0 Å². The summed E-state index contributed by atoms with van der Waals surface area (Å²) in [6.07, 6.45) is 9.62. The Balaban J connectivity index is 2.23. The number of nitrogens with zero attached hydrogens (tertiary/aromatic N) is 3. The highest BCUT2D eigenvalue weighted by atomic mass is 35.5. The van der Waals surface area contributed by atoms with Crippen molar-refractivity contribution in [3.05, 3.63) is 17.0 Å². The number of hydrogen-bond donors (Lipinski definition) is 1. The van der Waals surface area contributed by atoms with Crippen molar-refractivity contribution in [3.63, 3.8) is 0 Å². The van der Waals surface area contributed by atoms with Crippen molar-refractivity contribution in [2.75, 3.05) is 18.0 Å². The van der Waals surface area contributed by atoms with E-state index in [9.17, 15) is 4.79 Å². The van der Waals surface area contributed by atoms with Crippen molar-refractivity contribution in [1.82, 2.24) is 15.3 Å². The van der Waals surface area contributed by atoms with Crippen molar-refractivity contribution in [2.24, 2.45) is 0 Å². The largest absolute Gasteiger partial charge is 0.353 e. The fourth-order valence-corrected chi connectivity index (χ4v) is 3.31. The van der Waals surface area contributed by atoms with Crippen molar-refractivity contribution >= 4 is 23.3 Å². The molecule has 1 N–H and O–H groups in total. The minimum atomic E-state index is -0.112. The van der Waals surface area contributed by atoms with Gasteiger partial charge in [0.25, 0.3) is 5.91 Å². The van der Waals surface area contributed by atoms with Gasteiger partial charge in [-0.3, -0.25) is 4.79 Å². The first-order chi connectivity index (χ1) is 11.2. The summed E-state index contributed by atoms with van der Waals surface area (Å²) in [5, 5.41) is 3.15. The van der Waals surface area contributed by atoms with E-state index in [1.807, 2.05) is 0 Å². The van der Waals surface area contributed by atoms with Gasteiger partial charge in [0.05, 0.1) is 0 Å². The molecule has 0 bridgehead atoms. The van der Waals surface area contributed by atoms with Crippen LogP contribution >= 0.6 is 11.6 Å². The molecule has 128 valence electrons. The molecule has 0 atom stereocenters. The van der Waals surface area contributed by atoms with Crippen LogP contribution in [0.3, 0.4) is 0 Å². The SMILES string of the molecule is CCCCNC(=O)c1cnc(Cl)nc1N(CC)C1CCCCC1. The molecule has 0 saturated heterocycles. The lowest BCUT2D eigenvalue weighted by Crippen LogP contribution is -2.39. The molecular formula is C17H27ClN4O. The molecule has 1 aromatic rings. The summed E-state index contributed by atoms with van der Waals surface area (Å²) in [5.74, 6) is 0.563. The van der Waals surface area contributed by atoms with Gasteiger partial charge in [0.2, 0.25) is 5.28 Å². The van der Waals surface area contributed by atoms with Crippen LogP contribution in [0.15, 0.2) is 6.20 Å². The Hall–Kier alpha value is -1.36. The molecule has 0 aliphatic heterocycles. The summed E-state index contributed by atoms with van der Waals surface area (Å²) in [4.78, 5) is 23.1. The van der Waals surface area contributed by atoms with Gasteiger partial charge in [0.1, 0.15) is 11.4 Å². The Labute approximate surface area is 143 Å². The molecule has 1 aromatic heterocycles. The monoisotopic (exact) mass is 338 g/mol. The molecule has 6 heteroatoms. The first kappa shape index (κ1) is 18.0. The van der Waals surface area contributed by atoms with Crippen molar-refractivity contribution < 1.29 is 4.79 Å². The zero-order valence-corrected chi connectivity index (χ0v) is 14.9. The Bertz CT molecular complexity index is 517. The lowest BCUT2D eigenvalue weighted by Gasteiger charge is -2.35. The van der Waals surface area contributed by atoms with E-state index in [0.29, 0.717) is 24.0 Å². The highest BCUT2D eigenvalue weighted by Gasteiger charge is 2.25. The van der Waals surface area contributed by atoms with E-state index in [0.717, 1.165) is 32.2 Å². The molecule has 1 amide bonds. The standard InChI is InChI=1S/C17H27ClN4O/c1-3-5-11-19-16(23)14-12-20-17(18)21-15(14)22(4-2)13-9-7-6-8-10-13/h12-13H,3-11H2,1-2H3,(H,19,23). The molecule has 1 saturated carbocycles. The summed E-state index contributed by atoms with van der Waals surface area (Å²) in [5.41, 5.74) is 0.526. The van der Waals surface area contributed by atoms with Crippen LogP contribution in [0, 0.1) is 0 Å². The van der Waals surface area contributed by atoms with Gasteiger partial charge >= 0.3 is 0 Å². The van der Waals surface area contributed by atoms with Gasteiger partial charge in [-0.05, 0) is 37.8 Å². The third kappa shape index (κ3) is 4.80. The molecule has 5 nitrogen and oxygen atoms in total. The van der Waals surface area contributed by atoms with Crippen LogP contribution in [0.5, 0.6) is 0 Å². The number of amides is 1. The molecule has 0 radical (unpaired) electrons. The molecule has 0 unspecified atom stereocenters. The zero-order chi connectivity index (χ0) is 16.7. The number of anilines is 1. The van der Waals surface area contributed by atoms with Gasteiger partial charge < -0.3 is 10.2 Å². The lowest BCUT2D eigenvalue weighted by molar-refractivity contribution is 0.0953. The van der Waals surface area contributed by atoms with E-state index in [4.69, 9.17) is 11.6 Å². The summed E-state index contributed by atoms with van der Waals surface area (Å²) >= 11 is 6.01. The number of carbonyl (C=O) groups is 1. The van der Waals surface area contributed by atoms with Crippen LogP contribution in [0.1, 0.15) is 69.2 Å². The number of rotatable bonds is 7. The number of hydrogen-bond acceptors (Lipinski definition) is 4. The van der Waals surface area contributed by atoms with E-state index in [2.05, 4.69) is 34.0 Å². The number of nitrogens with one attached hydrogen (secondary N) is 1. The van der Waals surface area contributed by atoms with E-state index in [1.165, 1.54) is 19.3 Å². The fourth-order valence-electron chi connectivity index (χ4n) is 3.18. The minimum absolute atomic E-state index is 0.112. The van der Waals surface area contributed by atoms with E-state index in [-0.39, 0.29) is 11.2 Å². The van der Waals surface area contributed by atoms with E-state index < -0.39 is 0 Å². The Morgan fingerprint density at radius 1 is 1.35 bits per heavy atom. The normalized spacial score (nSPS) is 15.4. The smallest absolute Gasteiger partial charge is 0.256 e. The second kappa shape index (κ2) is 9.06. The zero-order valence-electron chi connectivity index (χ0n) is 14.1. The van der Waals surface area contributed by atoms with Crippen LogP contribution < -0.4 is 10.2 Å². The van der Waals surface area contributed by atoms with Crippen LogP contribution in [0.4, 0.5) is 5.82 Å². The second-order valence-electron chi connectivity index (χ2n) is 6.06. The fraction of sp³-hybridized carbons (Fsp3) is 0.706. The Morgan fingerprint density at radius 2 is 2.09 bits per heavy atom. The third-order valence-electron chi connectivity index (χ3n) is 4.43. The van der Waals surface area contributed by atoms with E-state index in [1.54, 1.807) is 6.20 Å². The van der Waals surface area contributed by atoms with Crippen molar-refractivity contribution in [3.8, 4) is 0 Å². The molecule has 1 fully saturated rings. The van der Waals surface area contributed by atoms with Crippen molar-refractivity contribution in [1.29, 1.82) is 0 Å². The molecule has 1 aliphatic carbocycles.